The van der Waals surface area contributed by atoms with Gasteiger partial charge in [-0.2, -0.15) is 5.10 Å². The number of pyridine rings is 1. The number of nitrogens with zero attached hydrogens (tertiary/aromatic N) is 4. The summed E-state index contributed by atoms with van der Waals surface area (Å²) in [6.07, 6.45) is 8.24. The van der Waals surface area contributed by atoms with Crippen LogP contribution in [0.4, 0.5) is 0 Å². The standard InChI is InChI=1S/C20H21N5O/c1-16(7-8-17-5-3-2-4-6-17)11-20(26)23-13-18-9-10-19(22-12-18)25-15-21-14-24-25/h2-6,9-12,14-15H,7-8,13H2,1H3,(H,23,26)/b16-11+. The first-order valence-corrected chi connectivity index (χ1v) is 8.49. The number of hydrogen-bond donors (Lipinski definition) is 1. The van der Waals surface area contributed by atoms with Crippen LogP contribution in [-0.2, 0) is 17.8 Å². The Morgan fingerprint density at radius 3 is 2.69 bits per heavy atom. The molecule has 2 heterocycles. The van der Waals surface area contributed by atoms with E-state index >= 15 is 0 Å². The lowest BCUT2D eigenvalue weighted by molar-refractivity contribution is -0.116. The normalized spacial score (nSPS) is 11.3. The van der Waals surface area contributed by atoms with Crippen molar-refractivity contribution in [3.05, 3.63) is 84.1 Å². The number of carbonyl (C=O) groups is 1. The average molecular weight is 347 g/mol. The molecule has 0 aliphatic rings. The third-order valence-corrected chi connectivity index (χ3v) is 3.96. The van der Waals surface area contributed by atoms with Crippen molar-refractivity contribution in [1.29, 1.82) is 0 Å². The van der Waals surface area contributed by atoms with Crippen LogP contribution < -0.4 is 5.32 Å². The van der Waals surface area contributed by atoms with Crippen molar-refractivity contribution in [1.82, 2.24) is 25.1 Å². The van der Waals surface area contributed by atoms with E-state index in [1.807, 2.05) is 37.3 Å². The van der Waals surface area contributed by atoms with Crippen molar-refractivity contribution in [2.24, 2.45) is 0 Å². The summed E-state index contributed by atoms with van der Waals surface area (Å²) >= 11 is 0. The highest BCUT2D eigenvalue weighted by molar-refractivity contribution is 5.88. The molecule has 0 unspecified atom stereocenters. The fourth-order valence-electron chi connectivity index (χ4n) is 2.51. The summed E-state index contributed by atoms with van der Waals surface area (Å²) in [4.78, 5) is 20.3. The second-order valence-electron chi connectivity index (χ2n) is 6.06. The molecule has 0 atom stereocenters. The molecule has 1 aromatic carbocycles. The van der Waals surface area contributed by atoms with Crippen LogP contribution in [0, 0.1) is 0 Å². The maximum atomic E-state index is 12.1. The Balaban J connectivity index is 1.47. The van der Waals surface area contributed by atoms with Gasteiger partial charge in [-0.3, -0.25) is 4.79 Å². The smallest absolute Gasteiger partial charge is 0.244 e. The van der Waals surface area contributed by atoms with E-state index in [0.29, 0.717) is 12.4 Å². The average Bonchev–Trinajstić information content (AvgIpc) is 3.21. The number of allylic oxidation sites excluding steroid dienone is 1. The van der Waals surface area contributed by atoms with E-state index in [1.165, 1.54) is 11.9 Å². The lowest BCUT2D eigenvalue weighted by Gasteiger charge is -2.05. The zero-order chi connectivity index (χ0) is 18.2. The fraction of sp³-hybridized carbons (Fsp3) is 0.200. The summed E-state index contributed by atoms with van der Waals surface area (Å²) in [5.41, 5.74) is 3.27. The molecule has 3 rings (SSSR count). The minimum Gasteiger partial charge on any atom is -0.348 e. The Bertz CT molecular complexity index is 855. The molecule has 6 heteroatoms. The summed E-state index contributed by atoms with van der Waals surface area (Å²) in [5.74, 6) is 0.602. The van der Waals surface area contributed by atoms with Crippen LogP contribution in [0.25, 0.3) is 5.82 Å². The van der Waals surface area contributed by atoms with E-state index in [-0.39, 0.29) is 5.91 Å². The van der Waals surface area contributed by atoms with Gasteiger partial charge in [0.05, 0.1) is 0 Å². The number of rotatable bonds is 7. The molecule has 0 fully saturated rings. The summed E-state index contributed by atoms with van der Waals surface area (Å²) in [7, 11) is 0. The molecule has 1 N–H and O–H groups in total. The molecule has 2 aromatic heterocycles. The minimum atomic E-state index is -0.0871. The van der Waals surface area contributed by atoms with E-state index in [2.05, 4.69) is 32.5 Å². The predicted octanol–water partition coefficient (Wildman–Crippen LogP) is 2.86. The first-order chi connectivity index (χ1) is 12.7. The van der Waals surface area contributed by atoms with Crippen LogP contribution in [0.5, 0.6) is 0 Å². The molecule has 3 aromatic rings. The van der Waals surface area contributed by atoms with Gasteiger partial charge in [0.2, 0.25) is 5.91 Å². The number of hydrogen-bond acceptors (Lipinski definition) is 4. The van der Waals surface area contributed by atoms with E-state index in [4.69, 9.17) is 0 Å². The number of amides is 1. The van der Waals surface area contributed by atoms with Gasteiger partial charge in [-0.05, 0) is 37.0 Å². The molecule has 0 saturated carbocycles. The largest absolute Gasteiger partial charge is 0.348 e. The molecule has 6 nitrogen and oxygen atoms in total. The number of carbonyl (C=O) groups excluding carboxylic acids is 1. The molecule has 0 aliphatic carbocycles. The first kappa shape index (κ1) is 17.5. The Hall–Kier alpha value is -3.28. The first-order valence-electron chi connectivity index (χ1n) is 8.49. The Kier molecular flexibility index (Phi) is 5.88. The highest BCUT2D eigenvalue weighted by Gasteiger charge is 2.02. The van der Waals surface area contributed by atoms with Gasteiger partial charge in [0, 0.05) is 18.8 Å². The van der Waals surface area contributed by atoms with E-state index < -0.39 is 0 Å². The van der Waals surface area contributed by atoms with E-state index in [1.54, 1.807) is 23.3 Å². The van der Waals surface area contributed by atoms with Crippen molar-refractivity contribution in [2.75, 3.05) is 0 Å². The molecule has 0 radical (unpaired) electrons. The lowest BCUT2D eigenvalue weighted by Crippen LogP contribution is -2.21. The maximum Gasteiger partial charge on any atom is 0.244 e. The molecule has 0 spiro atoms. The molecule has 1 amide bonds. The van der Waals surface area contributed by atoms with Crippen LogP contribution >= 0.6 is 0 Å². The number of aryl methyl sites for hydroxylation is 1. The highest BCUT2D eigenvalue weighted by atomic mass is 16.1. The SMILES string of the molecule is C/C(=C\C(=O)NCc1ccc(-n2cncn2)nc1)CCc1ccccc1. The van der Waals surface area contributed by atoms with Crippen molar-refractivity contribution < 1.29 is 4.79 Å². The second kappa shape index (κ2) is 8.71. The van der Waals surface area contributed by atoms with Gasteiger partial charge in [-0.15, -0.1) is 0 Å². The number of aromatic nitrogens is 4. The van der Waals surface area contributed by atoms with Gasteiger partial charge in [0.1, 0.15) is 12.7 Å². The van der Waals surface area contributed by atoms with Crippen LogP contribution in [0.1, 0.15) is 24.5 Å². The zero-order valence-corrected chi connectivity index (χ0v) is 14.7. The van der Waals surface area contributed by atoms with Crippen molar-refractivity contribution >= 4 is 5.91 Å². The van der Waals surface area contributed by atoms with Crippen LogP contribution in [0.15, 0.2) is 73.0 Å². The fourth-order valence-corrected chi connectivity index (χ4v) is 2.51. The summed E-state index contributed by atoms with van der Waals surface area (Å²) < 4.78 is 1.58. The van der Waals surface area contributed by atoms with Gasteiger partial charge >= 0.3 is 0 Å². The van der Waals surface area contributed by atoms with Crippen molar-refractivity contribution in [3.63, 3.8) is 0 Å². The zero-order valence-electron chi connectivity index (χ0n) is 14.7. The minimum absolute atomic E-state index is 0.0871. The molecule has 0 saturated heterocycles. The van der Waals surface area contributed by atoms with Gasteiger partial charge in [-0.25, -0.2) is 14.6 Å². The third-order valence-electron chi connectivity index (χ3n) is 3.96. The Morgan fingerprint density at radius 1 is 1.15 bits per heavy atom. The van der Waals surface area contributed by atoms with Crippen LogP contribution in [-0.4, -0.2) is 25.7 Å². The number of benzene rings is 1. The quantitative estimate of drug-likeness (QED) is 0.667. The van der Waals surface area contributed by atoms with Gasteiger partial charge in [0.15, 0.2) is 5.82 Å². The molecule has 0 aliphatic heterocycles. The van der Waals surface area contributed by atoms with Crippen molar-refractivity contribution in [2.45, 2.75) is 26.3 Å². The molecular formula is C20H21N5O. The highest BCUT2D eigenvalue weighted by Crippen LogP contribution is 2.08. The van der Waals surface area contributed by atoms with Crippen molar-refractivity contribution in [3.8, 4) is 5.82 Å². The van der Waals surface area contributed by atoms with E-state index in [0.717, 1.165) is 24.0 Å². The summed E-state index contributed by atoms with van der Waals surface area (Å²) in [6, 6.07) is 14.0. The lowest BCUT2D eigenvalue weighted by atomic mass is 10.1. The summed E-state index contributed by atoms with van der Waals surface area (Å²) in [6.45, 7) is 2.42. The molecule has 26 heavy (non-hydrogen) atoms. The molecular weight excluding hydrogens is 326 g/mol. The molecule has 132 valence electrons. The van der Waals surface area contributed by atoms with Gasteiger partial charge < -0.3 is 5.32 Å². The summed E-state index contributed by atoms with van der Waals surface area (Å²) in [5, 5.41) is 6.92. The second-order valence-corrected chi connectivity index (χ2v) is 6.06. The topological polar surface area (TPSA) is 72.7 Å². The molecule has 0 bridgehead atoms. The Morgan fingerprint density at radius 2 is 2.00 bits per heavy atom. The van der Waals surface area contributed by atoms with Crippen LogP contribution in [0.3, 0.4) is 0 Å². The van der Waals surface area contributed by atoms with Gasteiger partial charge in [-0.1, -0.05) is 42.0 Å². The maximum absolute atomic E-state index is 12.1. The third kappa shape index (κ3) is 5.11. The Labute approximate surface area is 152 Å². The van der Waals surface area contributed by atoms with Crippen LogP contribution in [0.2, 0.25) is 0 Å². The monoisotopic (exact) mass is 347 g/mol. The van der Waals surface area contributed by atoms with E-state index in [9.17, 15) is 4.79 Å². The predicted molar refractivity (Wildman–Crippen MR) is 99.5 cm³/mol. The number of nitrogens with one attached hydrogen (secondary N) is 1. The van der Waals surface area contributed by atoms with Gasteiger partial charge in [0.25, 0.3) is 0 Å².